The Morgan fingerprint density at radius 2 is 1.97 bits per heavy atom. The van der Waals surface area contributed by atoms with E-state index in [0.717, 1.165) is 25.2 Å². The highest BCUT2D eigenvalue weighted by Crippen LogP contribution is 2.28. The normalized spacial score (nSPS) is 15.5. The maximum Gasteiger partial charge on any atom is 0.311 e. The van der Waals surface area contributed by atoms with E-state index in [1.807, 2.05) is 30.3 Å². The summed E-state index contributed by atoms with van der Waals surface area (Å²) in [5.41, 5.74) is 1.02. The Morgan fingerprint density at radius 3 is 2.62 bits per heavy atom. The summed E-state index contributed by atoms with van der Waals surface area (Å²) in [6, 6.07) is 13.8. The number of nitrogens with zero attached hydrogens (tertiary/aromatic N) is 1. The third kappa shape index (κ3) is 5.52. The number of quaternary nitrogens is 1. The zero-order chi connectivity index (χ0) is 20.6. The third-order valence-corrected chi connectivity index (χ3v) is 4.92. The van der Waals surface area contributed by atoms with Crippen molar-refractivity contribution < 1.29 is 24.1 Å². The predicted molar refractivity (Wildman–Crippen MR) is 107 cm³/mol. The minimum Gasteiger partial charge on any atom is -0.487 e. The van der Waals surface area contributed by atoms with Crippen LogP contribution in [0, 0.1) is 10.1 Å². The van der Waals surface area contributed by atoms with Crippen LogP contribution >= 0.6 is 0 Å². The predicted octanol–water partition coefficient (Wildman–Crippen LogP) is 1.38. The van der Waals surface area contributed by atoms with Gasteiger partial charge in [-0.05, 0) is 24.6 Å². The van der Waals surface area contributed by atoms with Crippen molar-refractivity contribution in [1.29, 1.82) is 0 Å². The van der Waals surface area contributed by atoms with Gasteiger partial charge in [-0.1, -0.05) is 30.3 Å². The van der Waals surface area contributed by atoms with Crippen LogP contribution in [0.25, 0.3) is 0 Å². The zero-order valence-electron chi connectivity index (χ0n) is 16.4. The molecule has 154 valence electrons. The summed E-state index contributed by atoms with van der Waals surface area (Å²) < 4.78 is 10.7. The van der Waals surface area contributed by atoms with Gasteiger partial charge in [0.2, 0.25) is 0 Å². The van der Waals surface area contributed by atoms with Crippen LogP contribution in [-0.4, -0.2) is 50.3 Å². The van der Waals surface area contributed by atoms with Crippen molar-refractivity contribution in [2.45, 2.75) is 13.0 Å². The molecule has 1 heterocycles. The Kier molecular flexibility index (Phi) is 7.15. The molecule has 29 heavy (non-hydrogen) atoms. The van der Waals surface area contributed by atoms with Gasteiger partial charge in [-0.2, -0.15) is 0 Å². The van der Waals surface area contributed by atoms with Gasteiger partial charge in [-0.15, -0.1) is 0 Å². The molecule has 0 radical (unpaired) electrons. The second kappa shape index (κ2) is 9.99. The number of ether oxygens (including phenoxy) is 2. The van der Waals surface area contributed by atoms with Crippen LogP contribution in [-0.2, 0) is 4.74 Å². The van der Waals surface area contributed by atoms with Gasteiger partial charge in [0.05, 0.1) is 24.7 Å². The van der Waals surface area contributed by atoms with Crippen molar-refractivity contribution >= 4 is 11.6 Å². The van der Waals surface area contributed by atoms with Gasteiger partial charge in [0.15, 0.2) is 5.75 Å². The number of rotatable bonds is 8. The molecular weight excluding hydrogens is 374 g/mol. The monoisotopic (exact) mass is 400 g/mol. The number of benzene rings is 2. The zero-order valence-corrected chi connectivity index (χ0v) is 16.4. The minimum absolute atomic E-state index is 0.159. The van der Waals surface area contributed by atoms with E-state index in [1.165, 1.54) is 17.0 Å². The van der Waals surface area contributed by atoms with Gasteiger partial charge in [-0.25, -0.2) is 0 Å². The van der Waals surface area contributed by atoms with E-state index in [1.54, 1.807) is 13.0 Å². The fraction of sp³-hybridized carbons (Fsp3) is 0.381. The van der Waals surface area contributed by atoms with E-state index in [9.17, 15) is 14.9 Å². The quantitative estimate of drug-likeness (QED) is 0.516. The van der Waals surface area contributed by atoms with Gasteiger partial charge in [0.1, 0.15) is 25.7 Å². The fourth-order valence-electron chi connectivity index (χ4n) is 3.41. The number of carbonyl (C=O) groups is 1. The molecular formula is C21H26N3O5+. The van der Waals surface area contributed by atoms with Gasteiger partial charge < -0.3 is 19.7 Å². The lowest BCUT2D eigenvalue weighted by Gasteiger charge is -2.28. The van der Waals surface area contributed by atoms with Crippen molar-refractivity contribution in [3.05, 3.63) is 69.8 Å². The summed E-state index contributed by atoms with van der Waals surface area (Å²) in [7, 11) is 0. The molecule has 2 N–H and O–H groups in total. The SMILES string of the molecule is CCOc1ccc(C(=O)N[C@H](C[NH+]2CCOCC2)c2ccccc2)cc1[N+](=O)[O-]. The second-order valence-corrected chi connectivity index (χ2v) is 6.88. The minimum atomic E-state index is -0.533. The van der Waals surface area contributed by atoms with Crippen LogP contribution in [0.5, 0.6) is 5.75 Å². The number of nitro benzene ring substituents is 1. The maximum absolute atomic E-state index is 12.9. The summed E-state index contributed by atoms with van der Waals surface area (Å²) in [6.45, 7) is 5.96. The Labute approximate surface area is 169 Å². The average Bonchev–Trinajstić information content (AvgIpc) is 2.75. The molecule has 1 amide bonds. The third-order valence-electron chi connectivity index (χ3n) is 4.92. The van der Waals surface area contributed by atoms with E-state index in [2.05, 4.69) is 5.32 Å². The van der Waals surface area contributed by atoms with Crippen LogP contribution < -0.4 is 15.0 Å². The summed E-state index contributed by atoms with van der Waals surface area (Å²) in [4.78, 5) is 25.1. The lowest BCUT2D eigenvalue weighted by Crippen LogP contribution is -3.14. The van der Waals surface area contributed by atoms with Gasteiger partial charge in [0.25, 0.3) is 5.91 Å². The number of nitrogens with one attached hydrogen (secondary N) is 2. The lowest BCUT2D eigenvalue weighted by atomic mass is 10.0. The van der Waals surface area contributed by atoms with Gasteiger partial charge in [0, 0.05) is 11.6 Å². The molecule has 1 aliphatic heterocycles. The smallest absolute Gasteiger partial charge is 0.311 e. The van der Waals surface area contributed by atoms with E-state index >= 15 is 0 Å². The number of hydrogen-bond donors (Lipinski definition) is 2. The summed E-state index contributed by atoms with van der Waals surface area (Å²) >= 11 is 0. The molecule has 0 aromatic heterocycles. The molecule has 1 fully saturated rings. The highest BCUT2D eigenvalue weighted by Gasteiger charge is 2.25. The van der Waals surface area contributed by atoms with Crippen LogP contribution in [0.3, 0.4) is 0 Å². The number of morpholine rings is 1. The number of nitro groups is 1. The molecule has 2 aromatic carbocycles. The number of carbonyl (C=O) groups excluding carboxylic acids is 1. The molecule has 8 heteroatoms. The largest absolute Gasteiger partial charge is 0.487 e. The Hall–Kier alpha value is -2.97. The van der Waals surface area contributed by atoms with Crippen molar-refractivity contribution in [1.82, 2.24) is 5.32 Å². The molecule has 0 spiro atoms. The van der Waals surface area contributed by atoms with E-state index in [4.69, 9.17) is 9.47 Å². The van der Waals surface area contributed by atoms with Crippen molar-refractivity contribution in [3.8, 4) is 5.75 Å². The molecule has 3 rings (SSSR count). The Morgan fingerprint density at radius 1 is 1.24 bits per heavy atom. The molecule has 0 unspecified atom stereocenters. The molecule has 0 saturated carbocycles. The maximum atomic E-state index is 12.9. The van der Waals surface area contributed by atoms with Crippen molar-refractivity contribution in [3.63, 3.8) is 0 Å². The van der Waals surface area contributed by atoms with Crippen LogP contribution in [0.4, 0.5) is 5.69 Å². The number of amides is 1. The van der Waals surface area contributed by atoms with Crippen LogP contribution in [0.2, 0.25) is 0 Å². The Bertz CT molecular complexity index is 837. The number of hydrogen-bond acceptors (Lipinski definition) is 5. The first-order chi connectivity index (χ1) is 14.1. The van der Waals surface area contributed by atoms with E-state index in [-0.39, 0.29) is 28.9 Å². The van der Waals surface area contributed by atoms with Crippen LogP contribution in [0.1, 0.15) is 28.9 Å². The fourth-order valence-corrected chi connectivity index (χ4v) is 3.41. The first kappa shape index (κ1) is 20.8. The summed E-state index contributed by atoms with van der Waals surface area (Å²) in [6.07, 6.45) is 0. The molecule has 0 bridgehead atoms. The summed E-state index contributed by atoms with van der Waals surface area (Å²) in [5, 5.41) is 14.4. The van der Waals surface area contributed by atoms with Gasteiger partial charge in [-0.3, -0.25) is 14.9 Å². The van der Waals surface area contributed by atoms with Crippen molar-refractivity contribution in [2.24, 2.45) is 0 Å². The first-order valence-corrected chi connectivity index (χ1v) is 9.77. The van der Waals surface area contributed by atoms with E-state index in [0.29, 0.717) is 19.8 Å². The molecule has 1 aliphatic rings. The first-order valence-electron chi connectivity index (χ1n) is 9.77. The second-order valence-electron chi connectivity index (χ2n) is 6.88. The standard InChI is InChI=1S/C21H25N3O5/c1-2-29-20-9-8-17(14-19(20)24(26)27)21(25)22-18(16-6-4-3-5-7-16)15-23-10-12-28-13-11-23/h3-9,14,18H,2,10-13,15H2,1H3,(H,22,25)/p+1/t18-/m1/s1. The molecule has 2 aromatic rings. The van der Waals surface area contributed by atoms with Gasteiger partial charge >= 0.3 is 5.69 Å². The molecule has 8 nitrogen and oxygen atoms in total. The van der Waals surface area contributed by atoms with Crippen molar-refractivity contribution in [2.75, 3.05) is 39.5 Å². The molecule has 1 saturated heterocycles. The average molecular weight is 400 g/mol. The molecule has 1 atom stereocenters. The summed E-state index contributed by atoms with van der Waals surface area (Å²) in [5.74, 6) is -0.191. The highest BCUT2D eigenvalue weighted by atomic mass is 16.6. The molecule has 0 aliphatic carbocycles. The van der Waals surface area contributed by atoms with E-state index < -0.39 is 4.92 Å². The lowest BCUT2D eigenvalue weighted by molar-refractivity contribution is -0.909. The van der Waals surface area contributed by atoms with Crippen LogP contribution in [0.15, 0.2) is 48.5 Å². The Balaban J connectivity index is 1.80. The topological polar surface area (TPSA) is 95.1 Å². The highest BCUT2D eigenvalue weighted by molar-refractivity contribution is 5.95.